The first-order valence-electron chi connectivity index (χ1n) is 10.6. The van der Waals surface area contributed by atoms with Crippen molar-refractivity contribution in [2.24, 2.45) is 5.41 Å². The molecule has 2 heterocycles. The SMILES string of the molecule is Cc1nc([C@@]2(O)CCCN(CC(C)(C)C)CC2)sc1CCOc1ccc(F)c(F)c1. The first kappa shape index (κ1) is 23.1. The van der Waals surface area contributed by atoms with Crippen molar-refractivity contribution in [1.29, 1.82) is 0 Å². The Morgan fingerprint density at radius 3 is 2.67 bits per heavy atom. The third-order valence-corrected chi connectivity index (χ3v) is 6.79. The van der Waals surface area contributed by atoms with E-state index in [1.807, 2.05) is 6.92 Å². The number of thiazole rings is 1. The van der Waals surface area contributed by atoms with E-state index in [2.05, 4.69) is 30.7 Å². The average Bonchev–Trinajstić information content (AvgIpc) is 2.92. The molecule has 0 saturated carbocycles. The van der Waals surface area contributed by atoms with Crippen LogP contribution < -0.4 is 4.74 Å². The van der Waals surface area contributed by atoms with Gasteiger partial charge in [0.25, 0.3) is 0 Å². The zero-order valence-electron chi connectivity index (χ0n) is 18.3. The zero-order chi connectivity index (χ0) is 21.9. The minimum Gasteiger partial charge on any atom is -0.493 e. The molecule has 0 amide bonds. The summed E-state index contributed by atoms with van der Waals surface area (Å²) in [5, 5.41) is 12.1. The van der Waals surface area contributed by atoms with Gasteiger partial charge in [0.1, 0.15) is 16.4 Å². The summed E-state index contributed by atoms with van der Waals surface area (Å²) in [6.45, 7) is 11.9. The fraction of sp³-hybridized carbons (Fsp3) is 0.609. The topological polar surface area (TPSA) is 45.6 Å². The van der Waals surface area contributed by atoms with E-state index in [1.165, 1.54) is 17.4 Å². The molecule has 1 aromatic heterocycles. The van der Waals surface area contributed by atoms with Crippen LogP contribution in [0.1, 0.15) is 55.6 Å². The van der Waals surface area contributed by atoms with E-state index in [0.717, 1.165) is 53.8 Å². The number of nitrogens with zero attached hydrogens (tertiary/aromatic N) is 2. The van der Waals surface area contributed by atoms with E-state index in [0.29, 0.717) is 31.6 Å². The highest BCUT2D eigenvalue weighted by Gasteiger charge is 2.36. The number of likely N-dealkylation sites (tertiary alicyclic amines) is 1. The predicted molar refractivity (Wildman–Crippen MR) is 116 cm³/mol. The second kappa shape index (κ2) is 9.28. The van der Waals surface area contributed by atoms with Crippen molar-refractivity contribution >= 4 is 11.3 Å². The van der Waals surface area contributed by atoms with Crippen LogP contribution in [0.4, 0.5) is 8.78 Å². The lowest BCUT2D eigenvalue weighted by molar-refractivity contribution is 0.0200. The maximum Gasteiger partial charge on any atom is 0.162 e. The standard InChI is InChI=1S/C23H32F2N2O2S/c1-16-20(8-13-29-17-6-7-18(24)19(25)14-17)30-21(26-16)23(28)9-5-11-27(12-10-23)15-22(2,3)4/h6-7,14,28H,5,8-13,15H2,1-4H3/t23-/m1/s1. The first-order chi connectivity index (χ1) is 14.1. The minimum absolute atomic E-state index is 0.237. The van der Waals surface area contributed by atoms with E-state index in [9.17, 15) is 13.9 Å². The Bertz CT molecular complexity index is 865. The number of halogens is 2. The van der Waals surface area contributed by atoms with E-state index in [4.69, 9.17) is 4.74 Å². The minimum atomic E-state index is -0.917. The Hall–Kier alpha value is -1.57. The molecule has 0 bridgehead atoms. The van der Waals surface area contributed by atoms with Gasteiger partial charge in [0, 0.05) is 30.5 Å². The molecule has 30 heavy (non-hydrogen) atoms. The van der Waals surface area contributed by atoms with Gasteiger partial charge < -0.3 is 14.7 Å². The third-order valence-electron chi connectivity index (χ3n) is 5.38. The van der Waals surface area contributed by atoms with E-state index >= 15 is 0 Å². The van der Waals surface area contributed by atoms with Gasteiger partial charge >= 0.3 is 0 Å². The van der Waals surface area contributed by atoms with Gasteiger partial charge in [0.2, 0.25) is 0 Å². The number of aliphatic hydroxyl groups is 1. The van der Waals surface area contributed by atoms with Crippen LogP contribution in [0.25, 0.3) is 0 Å². The van der Waals surface area contributed by atoms with Crippen molar-refractivity contribution in [3.63, 3.8) is 0 Å². The summed E-state index contributed by atoms with van der Waals surface area (Å²) >= 11 is 1.54. The molecule has 0 spiro atoms. The molecule has 1 aromatic carbocycles. The highest BCUT2D eigenvalue weighted by molar-refractivity contribution is 7.11. The second-order valence-corrected chi connectivity index (χ2v) is 10.5. The average molecular weight is 439 g/mol. The Labute approximate surface area is 181 Å². The van der Waals surface area contributed by atoms with Crippen LogP contribution >= 0.6 is 11.3 Å². The van der Waals surface area contributed by atoms with Crippen molar-refractivity contribution in [2.45, 2.75) is 59.0 Å². The Balaban J connectivity index is 1.61. The van der Waals surface area contributed by atoms with Crippen molar-refractivity contribution in [2.75, 3.05) is 26.2 Å². The second-order valence-electron chi connectivity index (χ2n) is 9.42. The number of ether oxygens (including phenoxy) is 1. The molecule has 0 radical (unpaired) electrons. The molecule has 3 rings (SSSR count). The summed E-state index contributed by atoms with van der Waals surface area (Å²) in [6.07, 6.45) is 2.95. The van der Waals surface area contributed by atoms with Crippen LogP contribution in [0.3, 0.4) is 0 Å². The van der Waals surface area contributed by atoms with Gasteiger partial charge in [-0.05, 0) is 50.3 Å². The molecular formula is C23H32F2N2O2S. The summed E-state index contributed by atoms with van der Waals surface area (Å²) in [6, 6.07) is 3.53. The number of hydrogen-bond acceptors (Lipinski definition) is 5. The van der Waals surface area contributed by atoms with Crippen molar-refractivity contribution in [1.82, 2.24) is 9.88 Å². The lowest BCUT2D eigenvalue weighted by atomic mass is 9.95. The van der Waals surface area contributed by atoms with Crippen LogP contribution in [-0.4, -0.2) is 41.2 Å². The molecule has 1 saturated heterocycles. The van der Waals surface area contributed by atoms with Gasteiger partial charge in [-0.2, -0.15) is 0 Å². The van der Waals surface area contributed by atoms with Crippen molar-refractivity contribution < 1.29 is 18.6 Å². The Morgan fingerprint density at radius 2 is 1.97 bits per heavy atom. The van der Waals surface area contributed by atoms with Gasteiger partial charge in [-0.25, -0.2) is 13.8 Å². The molecule has 7 heteroatoms. The molecule has 1 atom stereocenters. The first-order valence-corrected chi connectivity index (χ1v) is 11.4. The zero-order valence-corrected chi connectivity index (χ0v) is 19.1. The molecule has 2 aromatic rings. The lowest BCUT2D eigenvalue weighted by Gasteiger charge is -2.29. The van der Waals surface area contributed by atoms with Crippen LogP contribution in [0, 0.1) is 24.0 Å². The van der Waals surface area contributed by atoms with Gasteiger partial charge in [0.05, 0.1) is 12.3 Å². The number of aryl methyl sites for hydroxylation is 1. The van der Waals surface area contributed by atoms with E-state index < -0.39 is 17.2 Å². The monoisotopic (exact) mass is 438 g/mol. The van der Waals surface area contributed by atoms with E-state index in [1.54, 1.807) is 0 Å². The van der Waals surface area contributed by atoms with Crippen LogP contribution in [-0.2, 0) is 12.0 Å². The smallest absolute Gasteiger partial charge is 0.162 e. The highest BCUT2D eigenvalue weighted by atomic mass is 32.1. The lowest BCUT2D eigenvalue weighted by Crippen LogP contribution is -2.34. The van der Waals surface area contributed by atoms with Crippen LogP contribution in [0.5, 0.6) is 5.75 Å². The van der Waals surface area contributed by atoms with Crippen LogP contribution in [0.2, 0.25) is 0 Å². The normalized spacial score (nSPS) is 20.9. The number of hydrogen-bond donors (Lipinski definition) is 1. The molecule has 1 N–H and O–H groups in total. The molecule has 1 aliphatic heterocycles. The van der Waals surface area contributed by atoms with Crippen LogP contribution in [0.15, 0.2) is 18.2 Å². The van der Waals surface area contributed by atoms with Crippen molar-refractivity contribution in [3.8, 4) is 5.75 Å². The Kier molecular flexibility index (Phi) is 7.15. The fourth-order valence-electron chi connectivity index (χ4n) is 3.91. The van der Waals surface area contributed by atoms with Crippen molar-refractivity contribution in [3.05, 3.63) is 45.4 Å². The number of aromatic nitrogens is 1. The quantitative estimate of drug-likeness (QED) is 0.684. The molecule has 0 aliphatic carbocycles. The molecular weight excluding hydrogens is 406 g/mol. The Morgan fingerprint density at radius 1 is 1.20 bits per heavy atom. The number of benzene rings is 1. The highest BCUT2D eigenvalue weighted by Crippen LogP contribution is 2.37. The van der Waals surface area contributed by atoms with E-state index in [-0.39, 0.29) is 5.41 Å². The van der Waals surface area contributed by atoms with Gasteiger partial charge in [-0.1, -0.05) is 20.8 Å². The predicted octanol–water partition coefficient (Wildman–Crippen LogP) is 5.07. The third kappa shape index (κ3) is 5.99. The van der Waals surface area contributed by atoms with Gasteiger partial charge in [-0.15, -0.1) is 11.3 Å². The fourth-order valence-corrected chi connectivity index (χ4v) is 5.09. The molecule has 4 nitrogen and oxygen atoms in total. The molecule has 1 fully saturated rings. The summed E-state index contributed by atoms with van der Waals surface area (Å²) < 4.78 is 31.9. The number of rotatable bonds is 6. The summed E-state index contributed by atoms with van der Waals surface area (Å²) in [7, 11) is 0. The van der Waals surface area contributed by atoms with Gasteiger partial charge in [0.15, 0.2) is 11.6 Å². The largest absolute Gasteiger partial charge is 0.493 e. The molecule has 1 aliphatic rings. The maximum atomic E-state index is 13.3. The molecule has 166 valence electrons. The van der Waals surface area contributed by atoms with Gasteiger partial charge in [-0.3, -0.25) is 0 Å². The summed E-state index contributed by atoms with van der Waals surface area (Å²) in [5.41, 5.74) is 0.246. The molecule has 0 unspecified atom stereocenters. The maximum absolute atomic E-state index is 13.3. The summed E-state index contributed by atoms with van der Waals surface area (Å²) in [5.74, 6) is -1.50. The summed E-state index contributed by atoms with van der Waals surface area (Å²) in [4.78, 5) is 8.18.